The summed E-state index contributed by atoms with van der Waals surface area (Å²) in [6.45, 7) is 6.62. The Morgan fingerprint density at radius 2 is 2.04 bits per heavy atom. The highest BCUT2D eigenvalue weighted by Crippen LogP contribution is 2.36. The molecule has 0 radical (unpaired) electrons. The van der Waals surface area contributed by atoms with Crippen LogP contribution >= 0.6 is 0 Å². The van der Waals surface area contributed by atoms with Crippen molar-refractivity contribution in [1.29, 1.82) is 0 Å². The van der Waals surface area contributed by atoms with Crippen molar-refractivity contribution < 1.29 is 9.66 Å². The van der Waals surface area contributed by atoms with Crippen molar-refractivity contribution >= 4 is 22.4 Å². The minimum atomic E-state index is -0.531. The molecular formula is C19H21N5O3. The molecule has 0 saturated carbocycles. The van der Waals surface area contributed by atoms with E-state index in [1.165, 1.54) is 6.33 Å². The number of rotatable bonds is 7. The van der Waals surface area contributed by atoms with Crippen LogP contribution in [0.4, 0.5) is 11.5 Å². The largest absolute Gasteiger partial charge is 0.431 e. The van der Waals surface area contributed by atoms with Crippen molar-refractivity contribution in [1.82, 2.24) is 15.0 Å². The highest BCUT2D eigenvalue weighted by Gasteiger charge is 2.25. The topological polar surface area (TPSA) is 103 Å². The molecule has 0 bridgehead atoms. The summed E-state index contributed by atoms with van der Waals surface area (Å²) in [6, 6.07) is 9.26. The van der Waals surface area contributed by atoms with E-state index < -0.39 is 4.92 Å². The highest BCUT2D eigenvalue weighted by atomic mass is 16.6. The van der Waals surface area contributed by atoms with Gasteiger partial charge in [0, 0.05) is 17.6 Å². The van der Waals surface area contributed by atoms with Crippen LogP contribution in [0.2, 0.25) is 0 Å². The van der Waals surface area contributed by atoms with Gasteiger partial charge in [-0.3, -0.25) is 10.1 Å². The molecule has 140 valence electrons. The lowest BCUT2D eigenvalue weighted by Gasteiger charge is -2.11. The number of hydrogen-bond donors (Lipinski definition) is 1. The second-order valence-corrected chi connectivity index (χ2v) is 6.63. The first-order valence-electron chi connectivity index (χ1n) is 8.73. The maximum Gasteiger partial charge on any atom is 0.373 e. The van der Waals surface area contributed by atoms with Gasteiger partial charge in [0.05, 0.1) is 4.92 Å². The molecule has 3 rings (SSSR count). The number of aryl methyl sites for hydroxylation is 1. The summed E-state index contributed by atoms with van der Waals surface area (Å²) in [5.41, 5.74) is 1.16. The molecule has 2 heterocycles. The van der Waals surface area contributed by atoms with E-state index in [0.717, 1.165) is 17.5 Å². The summed E-state index contributed by atoms with van der Waals surface area (Å²) in [5, 5.41) is 15.5. The van der Waals surface area contributed by atoms with E-state index in [2.05, 4.69) is 34.1 Å². The Bertz CT molecular complexity index is 975. The Morgan fingerprint density at radius 1 is 1.22 bits per heavy atom. The first kappa shape index (κ1) is 18.5. The first-order valence-corrected chi connectivity index (χ1v) is 8.73. The standard InChI is InChI=1S/C19H21N5O3/c1-12(2)9-10-20-18-17(24(25)26)19(22-11-21-18)27-15-6-4-5-14-8-7-13(3)23-16(14)15/h4-8,11-12H,9-10H2,1-3H3,(H,20,21,22). The van der Waals surface area contributed by atoms with Crippen LogP contribution in [0.1, 0.15) is 26.0 Å². The number of nitro groups is 1. The van der Waals surface area contributed by atoms with Gasteiger partial charge < -0.3 is 10.1 Å². The van der Waals surface area contributed by atoms with Gasteiger partial charge in [-0.25, -0.2) is 9.97 Å². The molecule has 1 N–H and O–H groups in total. The summed E-state index contributed by atoms with van der Waals surface area (Å²) in [6.07, 6.45) is 2.12. The van der Waals surface area contributed by atoms with Crippen LogP contribution < -0.4 is 10.1 Å². The quantitative estimate of drug-likeness (QED) is 0.484. The minimum absolute atomic E-state index is 0.113. The van der Waals surface area contributed by atoms with E-state index in [9.17, 15) is 10.1 Å². The predicted octanol–water partition coefficient (Wildman–Crippen LogP) is 4.49. The molecule has 1 aromatic carbocycles. The second-order valence-electron chi connectivity index (χ2n) is 6.63. The average molecular weight is 367 g/mol. The lowest BCUT2D eigenvalue weighted by atomic mass is 10.1. The highest BCUT2D eigenvalue weighted by molar-refractivity contribution is 5.85. The predicted molar refractivity (Wildman–Crippen MR) is 103 cm³/mol. The lowest BCUT2D eigenvalue weighted by molar-refractivity contribution is -0.385. The van der Waals surface area contributed by atoms with Gasteiger partial charge in [-0.15, -0.1) is 0 Å². The number of pyridine rings is 1. The zero-order valence-corrected chi connectivity index (χ0v) is 15.5. The number of fused-ring (bicyclic) bond motifs is 1. The van der Waals surface area contributed by atoms with Crippen molar-refractivity contribution in [2.45, 2.75) is 27.2 Å². The summed E-state index contributed by atoms with van der Waals surface area (Å²) < 4.78 is 5.81. The second kappa shape index (κ2) is 7.94. The molecule has 0 aliphatic heterocycles. The monoisotopic (exact) mass is 367 g/mol. The van der Waals surface area contributed by atoms with Crippen molar-refractivity contribution in [2.75, 3.05) is 11.9 Å². The Labute approximate surface area is 156 Å². The molecule has 0 fully saturated rings. The Balaban J connectivity index is 1.97. The third kappa shape index (κ3) is 4.28. The molecule has 27 heavy (non-hydrogen) atoms. The summed E-state index contributed by atoms with van der Waals surface area (Å²) in [5.74, 6) is 0.915. The van der Waals surface area contributed by atoms with Gasteiger partial charge in [0.2, 0.25) is 5.82 Å². The number of anilines is 1. The van der Waals surface area contributed by atoms with E-state index in [0.29, 0.717) is 23.7 Å². The van der Waals surface area contributed by atoms with E-state index in [-0.39, 0.29) is 17.4 Å². The number of benzene rings is 1. The van der Waals surface area contributed by atoms with Crippen LogP contribution in [-0.4, -0.2) is 26.4 Å². The number of para-hydroxylation sites is 1. The number of aromatic nitrogens is 3. The van der Waals surface area contributed by atoms with Gasteiger partial charge >= 0.3 is 11.6 Å². The Kier molecular flexibility index (Phi) is 5.44. The van der Waals surface area contributed by atoms with E-state index in [1.807, 2.05) is 31.2 Å². The third-order valence-electron chi connectivity index (χ3n) is 4.01. The fraction of sp³-hybridized carbons (Fsp3) is 0.316. The number of nitrogens with zero attached hydrogens (tertiary/aromatic N) is 4. The van der Waals surface area contributed by atoms with Crippen LogP contribution in [0.25, 0.3) is 10.9 Å². The van der Waals surface area contributed by atoms with Crippen LogP contribution in [0.3, 0.4) is 0 Å². The lowest BCUT2D eigenvalue weighted by Crippen LogP contribution is -2.09. The van der Waals surface area contributed by atoms with Crippen LogP contribution in [0, 0.1) is 23.0 Å². The molecule has 0 amide bonds. The van der Waals surface area contributed by atoms with Crippen LogP contribution in [-0.2, 0) is 0 Å². The van der Waals surface area contributed by atoms with Gasteiger partial charge in [0.15, 0.2) is 5.75 Å². The van der Waals surface area contributed by atoms with Gasteiger partial charge in [0.1, 0.15) is 11.8 Å². The molecule has 0 saturated heterocycles. The molecule has 0 spiro atoms. The van der Waals surface area contributed by atoms with Crippen LogP contribution in [0.5, 0.6) is 11.6 Å². The molecule has 8 nitrogen and oxygen atoms in total. The normalized spacial score (nSPS) is 11.0. The van der Waals surface area contributed by atoms with Gasteiger partial charge in [-0.05, 0) is 31.4 Å². The third-order valence-corrected chi connectivity index (χ3v) is 4.01. The fourth-order valence-corrected chi connectivity index (χ4v) is 2.61. The number of ether oxygens (including phenoxy) is 1. The molecule has 3 aromatic rings. The molecule has 0 aliphatic rings. The van der Waals surface area contributed by atoms with Crippen LogP contribution in [0.15, 0.2) is 36.7 Å². The van der Waals surface area contributed by atoms with Gasteiger partial charge in [-0.2, -0.15) is 4.98 Å². The maximum atomic E-state index is 11.6. The molecular weight excluding hydrogens is 346 g/mol. The zero-order chi connectivity index (χ0) is 19.4. The smallest absolute Gasteiger partial charge is 0.373 e. The van der Waals surface area contributed by atoms with E-state index >= 15 is 0 Å². The summed E-state index contributed by atoms with van der Waals surface area (Å²) >= 11 is 0. The minimum Gasteiger partial charge on any atom is -0.431 e. The summed E-state index contributed by atoms with van der Waals surface area (Å²) in [7, 11) is 0. The molecule has 2 aromatic heterocycles. The molecule has 8 heteroatoms. The van der Waals surface area contributed by atoms with E-state index in [4.69, 9.17) is 4.74 Å². The van der Waals surface area contributed by atoms with Crippen molar-refractivity contribution in [2.24, 2.45) is 5.92 Å². The molecule has 0 atom stereocenters. The van der Waals surface area contributed by atoms with Gasteiger partial charge in [-0.1, -0.05) is 32.0 Å². The van der Waals surface area contributed by atoms with Gasteiger partial charge in [0.25, 0.3) is 0 Å². The number of nitrogens with one attached hydrogen (secondary N) is 1. The van der Waals surface area contributed by atoms with Crippen molar-refractivity contribution in [3.8, 4) is 11.6 Å². The van der Waals surface area contributed by atoms with Crippen molar-refractivity contribution in [3.05, 3.63) is 52.5 Å². The summed E-state index contributed by atoms with van der Waals surface area (Å²) in [4.78, 5) is 23.6. The fourth-order valence-electron chi connectivity index (χ4n) is 2.61. The SMILES string of the molecule is Cc1ccc2cccc(Oc3ncnc(NCCC(C)C)c3[N+](=O)[O-])c2n1. The maximum absolute atomic E-state index is 11.6. The molecule has 0 aliphatic carbocycles. The zero-order valence-electron chi connectivity index (χ0n) is 15.5. The molecule has 0 unspecified atom stereocenters. The Hall–Kier alpha value is -3.29. The first-order chi connectivity index (χ1) is 13.0. The van der Waals surface area contributed by atoms with E-state index in [1.54, 1.807) is 6.07 Å². The van der Waals surface area contributed by atoms with Crippen molar-refractivity contribution in [3.63, 3.8) is 0 Å². The Morgan fingerprint density at radius 3 is 2.78 bits per heavy atom. The number of hydrogen-bond acceptors (Lipinski definition) is 7. The average Bonchev–Trinajstić information content (AvgIpc) is 2.62.